The van der Waals surface area contributed by atoms with Crippen LogP contribution < -0.4 is 10.6 Å². The fourth-order valence-corrected chi connectivity index (χ4v) is 4.65. The Kier molecular flexibility index (Phi) is 17.1. The molecule has 0 aliphatic carbocycles. The SMILES string of the molecule is C=CC(=O)NC/C=C/C(C)=C/CCC(=O)Cc1nc(C(=O)N2CCCC2C(=O)O)co1.CCC[C@H](C)COC(=O)Nc1ccc(F)cc1.[HH].[HH]. The van der Waals surface area contributed by atoms with E-state index in [1.54, 1.807) is 6.08 Å². The van der Waals surface area contributed by atoms with Crippen LogP contribution in [0.2, 0.25) is 0 Å². The van der Waals surface area contributed by atoms with Crippen LogP contribution in [0, 0.1) is 11.7 Å². The molecule has 0 bridgehead atoms. The van der Waals surface area contributed by atoms with Crippen molar-refractivity contribution in [2.24, 2.45) is 5.92 Å². The summed E-state index contributed by atoms with van der Waals surface area (Å²) in [5.41, 5.74) is 1.50. The van der Waals surface area contributed by atoms with Crippen LogP contribution in [-0.4, -0.2) is 70.4 Å². The number of ketones is 1. The van der Waals surface area contributed by atoms with Crippen molar-refractivity contribution in [1.82, 2.24) is 15.2 Å². The van der Waals surface area contributed by atoms with Crippen LogP contribution >= 0.6 is 0 Å². The van der Waals surface area contributed by atoms with Gasteiger partial charge in [0.2, 0.25) is 11.8 Å². The first kappa shape index (κ1) is 39.1. The summed E-state index contributed by atoms with van der Waals surface area (Å²) in [6.07, 6.45) is 11.4. The minimum Gasteiger partial charge on any atom is -0.480 e. The topological polar surface area (TPSA) is 168 Å². The van der Waals surface area contributed by atoms with Gasteiger partial charge in [0.15, 0.2) is 5.69 Å². The van der Waals surface area contributed by atoms with Crippen molar-refractivity contribution >= 4 is 35.3 Å². The van der Waals surface area contributed by atoms with Gasteiger partial charge in [-0.15, -0.1) is 0 Å². The number of amides is 3. The molecule has 3 amide bonds. The van der Waals surface area contributed by atoms with E-state index in [1.807, 2.05) is 26.0 Å². The lowest BCUT2D eigenvalue weighted by atomic mass is 10.1. The summed E-state index contributed by atoms with van der Waals surface area (Å²) in [6, 6.07) is 4.71. The maximum Gasteiger partial charge on any atom is 0.411 e. The van der Waals surface area contributed by atoms with Gasteiger partial charge in [0.25, 0.3) is 5.91 Å². The van der Waals surface area contributed by atoms with Crippen LogP contribution in [-0.2, 0) is 25.5 Å². The average molecular weight is 673 g/mol. The number of hydrogen-bond donors (Lipinski definition) is 3. The molecule has 1 aliphatic rings. The van der Waals surface area contributed by atoms with Gasteiger partial charge in [-0.05, 0) is 68.9 Å². The van der Waals surface area contributed by atoms with Gasteiger partial charge >= 0.3 is 12.1 Å². The molecule has 3 N–H and O–H groups in total. The van der Waals surface area contributed by atoms with Crippen molar-refractivity contribution in [3.8, 4) is 0 Å². The van der Waals surface area contributed by atoms with Crippen molar-refractivity contribution in [2.75, 3.05) is 25.0 Å². The predicted molar refractivity (Wildman–Crippen MR) is 182 cm³/mol. The number of hydrogen-bond acceptors (Lipinski definition) is 8. The number of aromatic nitrogens is 1. The van der Waals surface area contributed by atoms with Crippen LogP contribution in [0.4, 0.5) is 14.9 Å². The number of benzene rings is 1. The van der Waals surface area contributed by atoms with Crippen molar-refractivity contribution in [1.29, 1.82) is 0 Å². The highest BCUT2D eigenvalue weighted by atomic mass is 19.1. The second-order valence-corrected chi connectivity index (χ2v) is 11.3. The van der Waals surface area contributed by atoms with E-state index in [-0.39, 0.29) is 44.8 Å². The fourth-order valence-electron chi connectivity index (χ4n) is 4.65. The number of allylic oxidation sites excluding steroid dienone is 3. The number of carbonyl (C=O) groups excluding carboxylic acids is 4. The highest BCUT2D eigenvalue weighted by Crippen LogP contribution is 2.20. The van der Waals surface area contributed by atoms with Crippen LogP contribution in [0.3, 0.4) is 0 Å². The smallest absolute Gasteiger partial charge is 0.411 e. The highest BCUT2D eigenvalue weighted by Gasteiger charge is 2.35. The molecule has 3 rings (SSSR count). The van der Waals surface area contributed by atoms with Crippen LogP contribution in [0.5, 0.6) is 0 Å². The normalized spacial score (nSPS) is 14.9. The molecular formula is C35H49FN4O8. The lowest BCUT2D eigenvalue weighted by Crippen LogP contribution is -2.40. The molecule has 2 atom stereocenters. The summed E-state index contributed by atoms with van der Waals surface area (Å²) >= 11 is 0. The van der Waals surface area contributed by atoms with E-state index in [4.69, 9.17) is 9.15 Å². The number of nitrogens with zero attached hydrogens (tertiary/aromatic N) is 2. The van der Waals surface area contributed by atoms with Gasteiger partial charge in [-0.25, -0.2) is 19.0 Å². The average Bonchev–Trinajstić information content (AvgIpc) is 3.74. The maximum absolute atomic E-state index is 12.6. The first-order chi connectivity index (χ1) is 22.9. The van der Waals surface area contributed by atoms with E-state index in [9.17, 15) is 33.5 Å². The minimum atomic E-state index is -1.04. The highest BCUT2D eigenvalue weighted by molar-refractivity contribution is 5.95. The molecule has 2 heterocycles. The molecule has 13 heteroatoms. The number of carboxylic acid groups (broad SMARTS) is 1. The van der Waals surface area contributed by atoms with Gasteiger partial charge in [-0.2, -0.15) is 0 Å². The Bertz CT molecular complexity index is 1460. The third kappa shape index (κ3) is 14.6. The monoisotopic (exact) mass is 672 g/mol. The van der Waals surface area contributed by atoms with Gasteiger partial charge < -0.3 is 24.5 Å². The number of rotatable bonds is 16. The number of carbonyl (C=O) groups is 5. The number of nitrogens with one attached hydrogen (secondary N) is 2. The molecule has 0 radical (unpaired) electrons. The predicted octanol–water partition coefficient (Wildman–Crippen LogP) is 6.36. The van der Waals surface area contributed by atoms with Gasteiger partial charge in [0.05, 0.1) is 13.0 Å². The molecular weight excluding hydrogens is 623 g/mol. The van der Waals surface area contributed by atoms with Gasteiger partial charge in [-0.3, -0.25) is 19.7 Å². The van der Waals surface area contributed by atoms with Crippen LogP contribution in [0.1, 0.15) is 78.5 Å². The molecule has 1 aromatic heterocycles. The Morgan fingerprint density at radius 2 is 1.98 bits per heavy atom. The zero-order chi connectivity index (χ0) is 35.5. The fraction of sp³-hybridized carbons (Fsp3) is 0.429. The number of anilines is 1. The van der Waals surface area contributed by atoms with Crippen molar-refractivity contribution in [3.05, 3.63) is 84.4 Å². The Labute approximate surface area is 283 Å². The number of oxazole rings is 1. The molecule has 0 spiro atoms. The third-order valence-corrected chi connectivity index (χ3v) is 7.14. The van der Waals surface area contributed by atoms with E-state index in [0.29, 0.717) is 50.6 Å². The first-order valence-electron chi connectivity index (χ1n) is 15.9. The zero-order valence-corrected chi connectivity index (χ0v) is 27.7. The lowest BCUT2D eigenvalue weighted by molar-refractivity contribution is -0.141. The molecule has 1 saturated heterocycles. The standard InChI is InChI=1S/C22H27N3O6.C13H18FNO2.2H2/c1-3-19(27)23-11-5-8-15(2)7-4-9-16(26)13-20-24-17(14-31-20)21(28)25-12-6-10-18(25)22(29)30;1-3-4-10(2)9-17-13(16)15-12-7-5-11(14)6-8-12;;/h3,5,7-8,14,18H,1,4,6,9-13H2,2H3,(H,23,27)(H,29,30);5-8,10H,3-4,9H2,1-2H3,(H,15,16);2*1H/b8-5+,15-7+;;;/t;10-;;/m.0../s1. The van der Waals surface area contributed by atoms with Gasteiger partial charge in [0.1, 0.15) is 23.9 Å². The molecule has 0 saturated carbocycles. The van der Waals surface area contributed by atoms with E-state index >= 15 is 0 Å². The molecule has 1 aromatic carbocycles. The minimum absolute atomic E-state index is 0. The Balaban J connectivity index is 0.00000108. The maximum atomic E-state index is 12.6. The molecule has 1 fully saturated rings. The number of aliphatic carboxylic acids is 1. The molecule has 12 nitrogen and oxygen atoms in total. The zero-order valence-electron chi connectivity index (χ0n) is 27.7. The summed E-state index contributed by atoms with van der Waals surface area (Å²) in [6.45, 7) is 10.5. The Morgan fingerprint density at radius 3 is 2.65 bits per heavy atom. The number of carboxylic acids is 1. The van der Waals surface area contributed by atoms with Gasteiger partial charge in [-0.1, -0.05) is 50.6 Å². The molecule has 1 unspecified atom stereocenters. The Hall–Kier alpha value is -5.07. The van der Waals surface area contributed by atoms with E-state index < -0.39 is 24.0 Å². The quantitative estimate of drug-likeness (QED) is 0.136. The third-order valence-electron chi connectivity index (χ3n) is 7.14. The summed E-state index contributed by atoms with van der Waals surface area (Å²) in [5, 5.41) is 14.4. The molecule has 48 heavy (non-hydrogen) atoms. The van der Waals surface area contributed by atoms with Crippen molar-refractivity contribution in [3.63, 3.8) is 0 Å². The van der Waals surface area contributed by atoms with E-state index in [0.717, 1.165) is 18.4 Å². The number of ether oxygens (including phenoxy) is 1. The second kappa shape index (κ2) is 20.9. The second-order valence-electron chi connectivity index (χ2n) is 11.3. The van der Waals surface area contributed by atoms with Crippen molar-refractivity contribution in [2.45, 2.75) is 71.8 Å². The van der Waals surface area contributed by atoms with E-state index in [1.165, 1.54) is 41.5 Å². The Morgan fingerprint density at radius 1 is 1.25 bits per heavy atom. The molecule has 1 aliphatic heterocycles. The van der Waals surface area contributed by atoms with Crippen LogP contribution in [0.15, 0.2) is 71.4 Å². The summed E-state index contributed by atoms with van der Waals surface area (Å²) in [5.74, 6) is -1.70. The van der Waals surface area contributed by atoms with Gasteiger partial charge in [0, 0.05) is 28.1 Å². The summed E-state index contributed by atoms with van der Waals surface area (Å²) in [7, 11) is 0. The lowest BCUT2D eigenvalue weighted by Gasteiger charge is -2.19. The molecule has 264 valence electrons. The van der Waals surface area contributed by atoms with Crippen LogP contribution in [0.25, 0.3) is 0 Å². The summed E-state index contributed by atoms with van der Waals surface area (Å²) < 4.78 is 22.9. The van der Waals surface area contributed by atoms with E-state index in [2.05, 4.69) is 29.1 Å². The molecule has 2 aromatic rings. The first-order valence-corrected chi connectivity index (χ1v) is 15.9. The number of halogens is 1. The number of likely N-dealkylation sites (tertiary alicyclic amines) is 1. The number of Topliss-reactive ketones (excluding diaryl/α,β-unsaturated/α-hetero) is 1. The summed E-state index contributed by atoms with van der Waals surface area (Å²) in [4.78, 5) is 63.6. The van der Waals surface area contributed by atoms with Crippen molar-refractivity contribution < 1.29 is 45.5 Å². The largest absolute Gasteiger partial charge is 0.480 e.